The van der Waals surface area contributed by atoms with Crippen molar-refractivity contribution in [3.8, 4) is 22.4 Å². The van der Waals surface area contributed by atoms with Gasteiger partial charge in [0.25, 0.3) is 0 Å². The first-order valence-electron chi connectivity index (χ1n) is 11.5. The summed E-state index contributed by atoms with van der Waals surface area (Å²) in [6, 6.07) is 14.7. The van der Waals surface area contributed by atoms with Gasteiger partial charge in [0.05, 0.1) is 30.0 Å². The second kappa shape index (κ2) is 8.78. The van der Waals surface area contributed by atoms with Gasteiger partial charge in [-0.15, -0.1) is 5.10 Å². The fourth-order valence-electron chi connectivity index (χ4n) is 4.59. The summed E-state index contributed by atoms with van der Waals surface area (Å²) in [5.41, 5.74) is 8.48. The number of benzene rings is 2. The summed E-state index contributed by atoms with van der Waals surface area (Å²) in [5, 5.41) is 16.8. The number of hydrogen-bond donors (Lipinski definition) is 1. The van der Waals surface area contributed by atoms with Crippen LogP contribution in [0.2, 0.25) is 0 Å². The van der Waals surface area contributed by atoms with Gasteiger partial charge in [0.1, 0.15) is 0 Å². The van der Waals surface area contributed by atoms with E-state index in [1.54, 1.807) is 19.0 Å². The lowest BCUT2D eigenvalue weighted by molar-refractivity contribution is -0.127. The maximum atomic E-state index is 12.4. The molecule has 1 atom stereocenters. The summed E-state index contributed by atoms with van der Waals surface area (Å²) in [6.45, 7) is 2.76. The topological polar surface area (TPSA) is 80.9 Å². The van der Waals surface area contributed by atoms with Gasteiger partial charge in [-0.25, -0.2) is 4.68 Å². The van der Waals surface area contributed by atoms with Crippen molar-refractivity contribution in [3.63, 3.8) is 0 Å². The minimum Gasteiger partial charge on any atom is -0.378 e. The number of aryl methyl sites for hydroxylation is 3. The first-order chi connectivity index (χ1) is 16.4. The highest BCUT2D eigenvalue weighted by molar-refractivity contribution is 5.80. The van der Waals surface area contributed by atoms with Gasteiger partial charge >= 0.3 is 0 Å². The molecule has 174 valence electrons. The largest absolute Gasteiger partial charge is 0.378 e. The highest BCUT2D eigenvalue weighted by Crippen LogP contribution is 2.39. The summed E-state index contributed by atoms with van der Waals surface area (Å²) >= 11 is 0. The van der Waals surface area contributed by atoms with E-state index in [4.69, 9.17) is 0 Å². The molecule has 0 radical (unpaired) electrons. The predicted octanol–water partition coefficient (Wildman–Crippen LogP) is 3.84. The van der Waals surface area contributed by atoms with Crippen LogP contribution in [0.1, 0.15) is 29.3 Å². The number of nitrogens with one attached hydrogen (secondary N) is 1. The normalized spacial score (nSPS) is 14.8. The lowest BCUT2D eigenvalue weighted by Crippen LogP contribution is -2.24. The third kappa shape index (κ3) is 4.07. The highest BCUT2D eigenvalue weighted by atomic mass is 16.2. The van der Waals surface area contributed by atoms with E-state index in [1.807, 2.05) is 53.9 Å². The number of carbonyl (C=O) groups excluding carboxylic acids is 1. The average molecular weight is 456 g/mol. The van der Waals surface area contributed by atoms with Crippen LogP contribution in [0.25, 0.3) is 22.4 Å². The zero-order valence-electron chi connectivity index (χ0n) is 20.0. The SMILES string of the molecule is Cc1nnn2c1-c1ccc(-c3cnn(C)c3)cc1C(Nc1ccccc1CC(=O)N(C)C)CC2. The van der Waals surface area contributed by atoms with Gasteiger partial charge in [-0.2, -0.15) is 5.10 Å². The first-order valence-corrected chi connectivity index (χ1v) is 11.5. The molecule has 1 aliphatic rings. The summed E-state index contributed by atoms with van der Waals surface area (Å²) in [5.74, 6) is 0.0798. The highest BCUT2D eigenvalue weighted by Gasteiger charge is 2.26. The maximum absolute atomic E-state index is 12.4. The Morgan fingerprint density at radius 1 is 1.18 bits per heavy atom. The van der Waals surface area contributed by atoms with Crippen LogP contribution in [0, 0.1) is 6.92 Å². The molecule has 0 bridgehead atoms. The van der Waals surface area contributed by atoms with E-state index in [-0.39, 0.29) is 11.9 Å². The third-order valence-corrected chi connectivity index (χ3v) is 6.44. The number of para-hydroxylation sites is 1. The molecule has 1 aliphatic heterocycles. The molecule has 5 rings (SSSR count). The lowest BCUT2D eigenvalue weighted by atomic mass is 9.92. The lowest BCUT2D eigenvalue weighted by Gasteiger charge is -2.23. The minimum absolute atomic E-state index is 0.0447. The molecule has 1 N–H and O–H groups in total. The van der Waals surface area contributed by atoms with Crippen molar-refractivity contribution in [2.75, 3.05) is 19.4 Å². The molecule has 4 aromatic rings. The van der Waals surface area contributed by atoms with Gasteiger partial charge in [-0.3, -0.25) is 9.48 Å². The summed E-state index contributed by atoms with van der Waals surface area (Å²) < 4.78 is 3.82. The number of anilines is 1. The molecule has 0 saturated carbocycles. The Morgan fingerprint density at radius 3 is 2.76 bits per heavy atom. The maximum Gasteiger partial charge on any atom is 0.226 e. The van der Waals surface area contributed by atoms with Crippen LogP contribution in [-0.2, 0) is 24.8 Å². The van der Waals surface area contributed by atoms with Gasteiger partial charge < -0.3 is 10.2 Å². The van der Waals surface area contributed by atoms with Crippen molar-refractivity contribution in [1.29, 1.82) is 0 Å². The Labute approximate surface area is 199 Å². The van der Waals surface area contributed by atoms with Crippen LogP contribution in [0.3, 0.4) is 0 Å². The van der Waals surface area contributed by atoms with E-state index >= 15 is 0 Å². The monoisotopic (exact) mass is 455 g/mol. The molecule has 34 heavy (non-hydrogen) atoms. The Morgan fingerprint density at radius 2 is 2.00 bits per heavy atom. The molecule has 2 aromatic carbocycles. The Kier molecular flexibility index (Phi) is 5.65. The zero-order chi connectivity index (χ0) is 23.8. The molecule has 0 fully saturated rings. The Hall–Kier alpha value is -3.94. The average Bonchev–Trinajstić information content (AvgIpc) is 3.38. The number of aromatic nitrogens is 5. The fraction of sp³-hybridized carbons (Fsp3) is 0.308. The summed E-state index contributed by atoms with van der Waals surface area (Å²) in [4.78, 5) is 14.1. The van der Waals surface area contributed by atoms with E-state index in [0.29, 0.717) is 6.42 Å². The van der Waals surface area contributed by atoms with Crippen molar-refractivity contribution in [2.24, 2.45) is 7.05 Å². The number of hydrogen-bond acceptors (Lipinski definition) is 5. The van der Waals surface area contributed by atoms with Gasteiger partial charge in [0, 0.05) is 50.7 Å². The van der Waals surface area contributed by atoms with Crippen molar-refractivity contribution in [2.45, 2.75) is 32.4 Å². The second-order valence-electron chi connectivity index (χ2n) is 9.06. The predicted molar refractivity (Wildman–Crippen MR) is 132 cm³/mol. The Bertz CT molecular complexity index is 1350. The first kappa shape index (κ1) is 21.9. The summed E-state index contributed by atoms with van der Waals surface area (Å²) in [6.07, 6.45) is 5.12. The molecular weight excluding hydrogens is 426 g/mol. The van der Waals surface area contributed by atoms with Crippen LogP contribution in [0.15, 0.2) is 54.9 Å². The van der Waals surface area contributed by atoms with Crippen LogP contribution in [0.4, 0.5) is 5.69 Å². The number of nitrogens with zero attached hydrogens (tertiary/aromatic N) is 6. The van der Waals surface area contributed by atoms with Crippen LogP contribution < -0.4 is 5.32 Å². The molecule has 0 spiro atoms. The van der Waals surface area contributed by atoms with Crippen molar-refractivity contribution < 1.29 is 4.79 Å². The molecule has 1 amide bonds. The second-order valence-corrected chi connectivity index (χ2v) is 9.06. The van der Waals surface area contributed by atoms with Crippen LogP contribution in [0.5, 0.6) is 0 Å². The number of likely N-dealkylation sites (N-methyl/N-ethyl adjacent to an activating group) is 1. The molecular formula is C26H29N7O. The third-order valence-electron chi connectivity index (χ3n) is 6.44. The molecule has 3 heterocycles. The quantitative estimate of drug-likeness (QED) is 0.495. The van der Waals surface area contributed by atoms with E-state index in [0.717, 1.165) is 52.3 Å². The molecule has 0 saturated heterocycles. The standard InChI is InChI=1S/C26H29N7O/c1-17-26-21-10-9-18(20-15-27-32(4)16-20)13-22(21)24(11-12-33(26)30-29-17)28-23-8-6-5-7-19(23)14-25(34)31(2)3/h5-10,13,15-16,24,28H,11-12,14H2,1-4H3. The minimum atomic E-state index is 0.0447. The fourth-order valence-corrected chi connectivity index (χ4v) is 4.59. The molecule has 0 aliphatic carbocycles. The van der Waals surface area contributed by atoms with Crippen LogP contribution >= 0.6 is 0 Å². The number of carbonyl (C=O) groups is 1. The number of amides is 1. The molecule has 1 unspecified atom stereocenters. The summed E-state index contributed by atoms with van der Waals surface area (Å²) in [7, 11) is 5.51. The van der Waals surface area contributed by atoms with Gasteiger partial charge in [-0.05, 0) is 42.2 Å². The molecule has 2 aromatic heterocycles. The number of rotatable bonds is 5. The van der Waals surface area contributed by atoms with Crippen molar-refractivity contribution >= 4 is 11.6 Å². The van der Waals surface area contributed by atoms with E-state index in [2.05, 4.69) is 45.0 Å². The number of fused-ring (bicyclic) bond motifs is 3. The van der Waals surface area contributed by atoms with Crippen LogP contribution in [-0.4, -0.2) is 49.7 Å². The Balaban J connectivity index is 1.57. The van der Waals surface area contributed by atoms with Crippen molar-refractivity contribution in [3.05, 3.63) is 71.7 Å². The van der Waals surface area contributed by atoms with E-state index < -0.39 is 0 Å². The smallest absolute Gasteiger partial charge is 0.226 e. The van der Waals surface area contributed by atoms with Gasteiger partial charge in [0.2, 0.25) is 5.91 Å². The molecule has 8 heteroatoms. The zero-order valence-corrected chi connectivity index (χ0v) is 20.0. The van der Waals surface area contributed by atoms with Crippen molar-refractivity contribution in [1.82, 2.24) is 29.7 Å². The van der Waals surface area contributed by atoms with E-state index in [9.17, 15) is 4.79 Å². The molecule has 8 nitrogen and oxygen atoms in total. The van der Waals surface area contributed by atoms with E-state index in [1.165, 1.54) is 5.56 Å². The van der Waals surface area contributed by atoms with Gasteiger partial charge in [0.15, 0.2) is 0 Å². The van der Waals surface area contributed by atoms with Gasteiger partial charge in [-0.1, -0.05) is 35.5 Å².